The Morgan fingerprint density at radius 1 is 1.00 bits per heavy atom. The van der Waals surface area contributed by atoms with E-state index in [1.165, 1.54) is 9.78 Å². The van der Waals surface area contributed by atoms with E-state index in [4.69, 9.17) is 0 Å². The van der Waals surface area contributed by atoms with Crippen LogP contribution < -0.4 is 10.6 Å². The number of carbonyl (C=O) groups is 2. The zero-order valence-electron chi connectivity index (χ0n) is 17.6. The Labute approximate surface area is 181 Å². The van der Waals surface area contributed by atoms with Crippen molar-refractivity contribution >= 4 is 28.8 Å². The normalized spacial score (nSPS) is 11.7. The van der Waals surface area contributed by atoms with Gasteiger partial charge >= 0.3 is 0 Å². The van der Waals surface area contributed by atoms with Crippen LogP contribution in [0.25, 0.3) is 0 Å². The maximum absolute atomic E-state index is 12.7. The molecular formula is C24H28N3O2S+. The highest BCUT2D eigenvalue weighted by Gasteiger charge is 2.22. The second kappa shape index (κ2) is 10.2. The molecule has 1 atom stereocenters. The average molecular weight is 423 g/mol. The topological polar surface area (TPSA) is 66.0 Å². The largest absolute Gasteiger partial charge is 0.332 e. The Morgan fingerprint density at radius 2 is 1.70 bits per heavy atom. The summed E-state index contributed by atoms with van der Waals surface area (Å²) in [5, 5.41) is 7.01. The highest BCUT2D eigenvalue weighted by Crippen LogP contribution is 2.22. The standard InChI is InChI=1S/C24H27N3O2S/c1-17-9-7-10-18(2)23(17)26-21(28)16-27(3)22(29)15-25-24(20-13-8-14-30-20)19-11-5-4-6-12-19/h4-14,24-25H,15-16H2,1-3H3,(H,26,28)/p+1/t24-/m0/s1. The minimum absolute atomic E-state index is 0.0233. The first kappa shape index (κ1) is 21.7. The number of para-hydroxylation sites is 1. The molecule has 3 N–H and O–H groups in total. The number of quaternary nitrogens is 1. The number of hydrogen-bond acceptors (Lipinski definition) is 3. The summed E-state index contributed by atoms with van der Waals surface area (Å²) in [6.07, 6.45) is 0. The van der Waals surface area contributed by atoms with Gasteiger partial charge in [0.1, 0.15) is 6.04 Å². The smallest absolute Gasteiger partial charge is 0.277 e. The molecule has 3 rings (SSSR count). The van der Waals surface area contributed by atoms with Gasteiger partial charge in [-0.3, -0.25) is 9.59 Å². The number of anilines is 1. The van der Waals surface area contributed by atoms with E-state index in [0.29, 0.717) is 0 Å². The van der Waals surface area contributed by atoms with Gasteiger partial charge in [0.05, 0.1) is 11.4 Å². The number of nitrogens with two attached hydrogens (primary N) is 1. The summed E-state index contributed by atoms with van der Waals surface area (Å²) in [4.78, 5) is 27.8. The van der Waals surface area contributed by atoms with Crippen molar-refractivity contribution in [3.05, 3.63) is 87.6 Å². The summed E-state index contributed by atoms with van der Waals surface area (Å²) in [6, 6.07) is 20.2. The van der Waals surface area contributed by atoms with Crippen LogP contribution in [0.4, 0.5) is 5.69 Å². The highest BCUT2D eigenvalue weighted by molar-refractivity contribution is 7.10. The molecule has 0 radical (unpaired) electrons. The number of likely N-dealkylation sites (N-methyl/N-ethyl adjacent to an activating group) is 1. The lowest BCUT2D eigenvalue weighted by atomic mass is 10.1. The molecule has 2 amide bonds. The Hall–Kier alpha value is -2.96. The van der Waals surface area contributed by atoms with Crippen LogP contribution in [0.5, 0.6) is 0 Å². The number of nitrogens with zero attached hydrogens (tertiary/aromatic N) is 1. The Bertz CT molecular complexity index is 967. The fourth-order valence-electron chi connectivity index (χ4n) is 3.41. The summed E-state index contributed by atoms with van der Waals surface area (Å²) in [7, 11) is 1.67. The van der Waals surface area contributed by atoms with Crippen molar-refractivity contribution in [2.75, 3.05) is 25.5 Å². The minimum Gasteiger partial charge on any atom is -0.332 e. The first-order valence-corrected chi connectivity index (χ1v) is 10.9. The van der Waals surface area contributed by atoms with Crippen molar-refractivity contribution in [3.63, 3.8) is 0 Å². The average Bonchev–Trinajstić information content (AvgIpc) is 3.26. The third kappa shape index (κ3) is 5.55. The van der Waals surface area contributed by atoms with E-state index < -0.39 is 0 Å². The minimum atomic E-state index is -0.193. The Kier molecular flexibility index (Phi) is 7.38. The van der Waals surface area contributed by atoms with E-state index in [1.807, 2.05) is 67.0 Å². The molecule has 156 valence electrons. The quantitative estimate of drug-likeness (QED) is 0.586. The number of rotatable bonds is 8. The molecule has 5 nitrogen and oxygen atoms in total. The fraction of sp³-hybridized carbons (Fsp3) is 0.250. The lowest BCUT2D eigenvalue weighted by Crippen LogP contribution is -2.87. The molecule has 2 aromatic carbocycles. The molecule has 1 aromatic heterocycles. The van der Waals surface area contributed by atoms with Gasteiger partial charge in [-0.25, -0.2) is 0 Å². The molecule has 3 aromatic rings. The number of amides is 2. The summed E-state index contributed by atoms with van der Waals surface area (Å²) < 4.78 is 0. The lowest BCUT2D eigenvalue weighted by molar-refractivity contribution is -0.676. The molecule has 0 unspecified atom stereocenters. The number of hydrogen-bond donors (Lipinski definition) is 2. The van der Waals surface area contributed by atoms with Crippen LogP contribution in [-0.2, 0) is 9.59 Å². The summed E-state index contributed by atoms with van der Waals surface area (Å²) in [5.41, 5.74) is 3.99. The molecule has 1 heterocycles. The van der Waals surface area contributed by atoms with Gasteiger partial charge in [-0.1, -0.05) is 54.6 Å². The van der Waals surface area contributed by atoms with Crippen LogP contribution in [0.1, 0.15) is 27.6 Å². The number of carbonyl (C=O) groups excluding carboxylic acids is 2. The van der Waals surface area contributed by atoms with Gasteiger partial charge in [-0.05, 0) is 36.4 Å². The van der Waals surface area contributed by atoms with Crippen LogP contribution in [0.2, 0.25) is 0 Å². The molecular weight excluding hydrogens is 394 g/mol. The van der Waals surface area contributed by atoms with E-state index in [2.05, 4.69) is 23.5 Å². The SMILES string of the molecule is Cc1cccc(C)c1NC(=O)CN(C)C(=O)C[NH2+][C@@H](c1ccccc1)c1cccs1. The van der Waals surface area contributed by atoms with Crippen LogP contribution in [0.3, 0.4) is 0 Å². The van der Waals surface area contributed by atoms with Crippen molar-refractivity contribution in [1.29, 1.82) is 0 Å². The molecule has 0 aliphatic heterocycles. The molecule has 6 heteroatoms. The van der Waals surface area contributed by atoms with Gasteiger partial charge in [-0.15, -0.1) is 11.3 Å². The number of benzene rings is 2. The van der Waals surface area contributed by atoms with Gasteiger partial charge < -0.3 is 15.5 Å². The fourth-order valence-corrected chi connectivity index (χ4v) is 4.26. The summed E-state index contributed by atoms with van der Waals surface area (Å²) in [5.74, 6) is -0.273. The van der Waals surface area contributed by atoms with E-state index in [1.54, 1.807) is 18.4 Å². The van der Waals surface area contributed by atoms with Gasteiger partial charge in [-0.2, -0.15) is 0 Å². The van der Waals surface area contributed by atoms with Crippen LogP contribution in [0, 0.1) is 13.8 Å². The van der Waals surface area contributed by atoms with E-state index >= 15 is 0 Å². The highest BCUT2D eigenvalue weighted by atomic mass is 32.1. The monoisotopic (exact) mass is 422 g/mol. The molecule has 0 aliphatic carbocycles. The second-order valence-corrected chi connectivity index (χ2v) is 8.39. The third-order valence-electron chi connectivity index (χ3n) is 5.09. The maximum atomic E-state index is 12.7. The molecule has 0 fully saturated rings. The first-order valence-electron chi connectivity index (χ1n) is 9.97. The Morgan fingerprint density at radius 3 is 2.33 bits per heavy atom. The van der Waals surface area contributed by atoms with Gasteiger partial charge in [0.25, 0.3) is 5.91 Å². The number of nitrogens with one attached hydrogen (secondary N) is 1. The van der Waals surface area contributed by atoms with Crippen molar-refractivity contribution in [1.82, 2.24) is 4.90 Å². The zero-order valence-corrected chi connectivity index (χ0v) is 18.4. The molecule has 30 heavy (non-hydrogen) atoms. The molecule has 0 saturated heterocycles. The van der Waals surface area contributed by atoms with Crippen molar-refractivity contribution in [2.24, 2.45) is 0 Å². The van der Waals surface area contributed by atoms with Crippen molar-refractivity contribution in [3.8, 4) is 0 Å². The van der Waals surface area contributed by atoms with E-state index in [0.717, 1.165) is 22.4 Å². The van der Waals surface area contributed by atoms with E-state index in [9.17, 15) is 9.59 Å². The van der Waals surface area contributed by atoms with Crippen molar-refractivity contribution < 1.29 is 14.9 Å². The molecule has 0 spiro atoms. The van der Waals surface area contributed by atoms with Gasteiger partial charge in [0.15, 0.2) is 6.54 Å². The van der Waals surface area contributed by atoms with Crippen LogP contribution in [0.15, 0.2) is 66.0 Å². The first-order chi connectivity index (χ1) is 14.5. The van der Waals surface area contributed by atoms with Gasteiger partial charge in [0, 0.05) is 18.3 Å². The lowest BCUT2D eigenvalue weighted by Gasteiger charge is -2.19. The predicted octanol–water partition coefficient (Wildman–Crippen LogP) is 3.11. The van der Waals surface area contributed by atoms with E-state index in [-0.39, 0.29) is 30.9 Å². The zero-order chi connectivity index (χ0) is 21.5. The van der Waals surface area contributed by atoms with Gasteiger partial charge in [0.2, 0.25) is 5.91 Å². The van der Waals surface area contributed by atoms with Crippen molar-refractivity contribution in [2.45, 2.75) is 19.9 Å². The number of thiophene rings is 1. The molecule has 0 saturated carbocycles. The second-order valence-electron chi connectivity index (χ2n) is 7.41. The Balaban J connectivity index is 1.58. The number of aryl methyl sites for hydroxylation is 2. The summed E-state index contributed by atoms with van der Waals surface area (Å²) >= 11 is 1.68. The maximum Gasteiger partial charge on any atom is 0.277 e. The van der Waals surface area contributed by atoms with Crippen LogP contribution >= 0.6 is 11.3 Å². The van der Waals surface area contributed by atoms with Crippen LogP contribution in [-0.4, -0.2) is 36.9 Å². The molecule has 0 aliphatic rings. The third-order valence-corrected chi connectivity index (χ3v) is 6.04. The molecule has 0 bridgehead atoms. The summed E-state index contributed by atoms with van der Waals surface area (Å²) in [6.45, 7) is 4.21. The predicted molar refractivity (Wildman–Crippen MR) is 122 cm³/mol.